The van der Waals surface area contributed by atoms with Crippen molar-refractivity contribution in [1.82, 2.24) is 0 Å². The van der Waals surface area contributed by atoms with E-state index >= 15 is 0 Å². The maximum absolute atomic E-state index is 11.6. The zero-order chi connectivity index (χ0) is 11.4. The van der Waals surface area contributed by atoms with Gasteiger partial charge >= 0.3 is 0 Å². The fraction of sp³-hybridized carbons (Fsp3) is 0. The van der Waals surface area contributed by atoms with Crippen LogP contribution >= 0.6 is 11.3 Å². The van der Waals surface area contributed by atoms with Crippen LogP contribution in [0.15, 0.2) is 41.1 Å². The molecule has 3 heteroatoms. The van der Waals surface area contributed by atoms with E-state index in [0.717, 1.165) is 5.56 Å². The molecule has 1 aromatic carbocycles. The van der Waals surface area contributed by atoms with Gasteiger partial charge in [-0.05, 0) is 29.5 Å². The molecule has 2 nitrogen and oxygen atoms in total. The maximum atomic E-state index is 11.6. The third-order valence-electron chi connectivity index (χ3n) is 1.99. The quantitative estimate of drug-likeness (QED) is 0.602. The van der Waals surface area contributed by atoms with Crippen LogP contribution in [-0.2, 0) is 0 Å². The zero-order valence-corrected chi connectivity index (χ0v) is 9.12. The molecule has 0 saturated carbocycles. The van der Waals surface area contributed by atoms with E-state index < -0.39 is 0 Å². The molecule has 2 rings (SSSR count). The number of hydrogen-bond acceptors (Lipinski definition) is 3. The molecule has 1 N–H and O–H groups in total. The van der Waals surface area contributed by atoms with Gasteiger partial charge in [-0.1, -0.05) is 18.1 Å². The second-order valence-electron chi connectivity index (χ2n) is 3.11. The first-order valence-corrected chi connectivity index (χ1v) is 5.58. The summed E-state index contributed by atoms with van der Waals surface area (Å²) >= 11 is 1.53. The van der Waals surface area contributed by atoms with Gasteiger partial charge in [-0.2, -0.15) is 11.3 Å². The number of rotatable bonds is 1. The van der Waals surface area contributed by atoms with E-state index in [1.165, 1.54) is 17.4 Å². The number of benzene rings is 1. The number of aromatic hydroxyl groups is 1. The molecule has 0 unspecified atom stereocenters. The SMILES string of the molecule is O=C(C#Cc1ccsc1)c1ccccc1O. The van der Waals surface area contributed by atoms with E-state index in [0.29, 0.717) is 0 Å². The molecule has 1 heterocycles. The van der Waals surface area contributed by atoms with E-state index in [4.69, 9.17) is 0 Å². The van der Waals surface area contributed by atoms with Crippen molar-refractivity contribution in [1.29, 1.82) is 0 Å². The summed E-state index contributed by atoms with van der Waals surface area (Å²) in [6.07, 6.45) is 0. The van der Waals surface area contributed by atoms with Gasteiger partial charge in [-0.15, -0.1) is 0 Å². The lowest BCUT2D eigenvalue weighted by Gasteiger charge is -1.96. The highest BCUT2D eigenvalue weighted by Gasteiger charge is 2.06. The van der Waals surface area contributed by atoms with Crippen LogP contribution in [0, 0.1) is 11.8 Å². The molecule has 2 aromatic rings. The minimum Gasteiger partial charge on any atom is -0.507 e. The van der Waals surface area contributed by atoms with Gasteiger partial charge in [0.05, 0.1) is 5.56 Å². The van der Waals surface area contributed by atoms with Gasteiger partial charge in [-0.3, -0.25) is 4.79 Å². The third-order valence-corrected chi connectivity index (χ3v) is 2.67. The summed E-state index contributed by atoms with van der Waals surface area (Å²) in [7, 11) is 0. The lowest BCUT2D eigenvalue weighted by atomic mass is 10.1. The molecule has 1 aromatic heterocycles. The Morgan fingerprint density at radius 2 is 2.06 bits per heavy atom. The Balaban J connectivity index is 2.24. The smallest absolute Gasteiger partial charge is 0.239 e. The second-order valence-corrected chi connectivity index (χ2v) is 3.89. The summed E-state index contributed by atoms with van der Waals surface area (Å²) in [4.78, 5) is 11.6. The Labute approximate surface area is 97.2 Å². The van der Waals surface area contributed by atoms with Crippen molar-refractivity contribution in [3.05, 3.63) is 52.2 Å². The predicted molar refractivity (Wildman–Crippen MR) is 63.6 cm³/mol. The van der Waals surface area contributed by atoms with Gasteiger partial charge in [0.15, 0.2) is 0 Å². The van der Waals surface area contributed by atoms with Gasteiger partial charge in [-0.25, -0.2) is 0 Å². The summed E-state index contributed by atoms with van der Waals surface area (Å²) < 4.78 is 0. The molecule has 0 aliphatic heterocycles. The van der Waals surface area contributed by atoms with Crippen molar-refractivity contribution in [2.45, 2.75) is 0 Å². The fourth-order valence-electron chi connectivity index (χ4n) is 1.20. The number of Topliss-reactive ketones (excluding diaryl/α,β-unsaturated/α-hetero) is 1. The molecule has 0 amide bonds. The Hall–Kier alpha value is -2.05. The number of phenolic OH excluding ortho intramolecular Hbond substituents is 1. The van der Waals surface area contributed by atoms with Crippen LogP contribution in [0.5, 0.6) is 5.75 Å². The second kappa shape index (κ2) is 4.65. The summed E-state index contributed by atoms with van der Waals surface area (Å²) in [5.74, 6) is 4.84. The first-order chi connectivity index (χ1) is 7.77. The molecule has 0 saturated heterocycles. The number of thiophene rings is 1. The molecule has 0 aliphatic rings. The molecule has 0 aliphatic carbocycles. The highest BCUT2D eigenvalue weighted by Crippen LogP contribution is 2.15. The summed E-state index contributed by atoms with van der Waals surface area (Å²) in [6.45, 7) is 0. The van der Waals surface area contributed by atoms with Crippen molar-refractivity contribution in [3.8, 4) is 17.6 Å². The molecule has 0 atom stereocenters. The molecule has 16 heavy (non-hydrogen) atoms. The van der Waals surface area contributed by atoms with Gasteiger partial charge in [0.1, 0.15) is 5.75 Å². The van der Waals surface area contributed by atoms with Crippen LogP contribution in [0.1, 0.15) is 15.9 Å². The van der Waals surface area contributed by atoms with E-state index in [2.05, 4.69) is 11.8 Å². The number of para-hydroxylation sites is 1. The fourth-order valence-corrected chi connectivity index (χ4v) is 1.79. The van der Waals surface area contributed by atoms with Crippen molar-refractivity contribution in [2.75, 3.05) is 0 Å². The Morgan fingerprint density at radius 3 is 2.75 bits per heavy atom. The van der Waals surface area contributed by atoms with Gasteiger partial charge in [0, 0.05) is 10.9 Å². The van der Waals surface area contributed by atoms with Crippen molar-refractivity contribution in [2.24, 2.45) is 0 Å². The van der Waals surface area contributed by atoms with Crippen LogP contribution < -0.4 is 0 Å². The lowest BCUT2D eigenvalue weighted by molar-refractivity contribution is 0.105. The van der Waals surface area contributed by atoms with Gasteiger partial charge in [0.2, 0.25) is 5.78 Å². The lowest BCUT2D eigenvalue weighted by Crippen LogP contribution is -1.94. The highest BCUT2D eigenvalue weighted by molar-refractivity contribution is 7.08. The molecule has 0 radical (unpaired) electrons. The summed E-state index contributed by atoms with van der Waals surface area (Å²) in [6, 6.07) is 8.23. The van der Waals surface area contributed by atoms with Crippen molar-refractivity contribution < 1.29 is 9.90 Å². The maximum Gasteiger partial charge on any atom is 0.239 e. The predicted octanol–water partition coefficient (Wildman–Crippen LogP) is 2.69. The summed E-state index contributed by atoms with van der Waals surface area (Å²) in [5, 5.41) is 13.2. The minimum atomic E-state index is -0.371. The van der Waals surface area contributed by atoms with Crippen LogP contribution in [0.3, 0.4) is 0 Å². The average Bonchev–Trinajstić information content (AvgIpc) is 2.79. The zero-order valence-electron chi connectivity index (χ0n) is 8.31. The van der Waals surface area contributed by atoms with Crippen LogP contribution in [0.2, 0.25) is 0 Å². The number of hydrogen-bond donors (Lipinski definition) is 1. The number of carbonyl (C=O) groups excluding carboxylic acids is 1. The van der Waals surface area contributed by atoms with E-state index in [-0.39, 0.29) is 17.1 Å². The standard InChI is InChI=1S/C13H8O2S/c14-12-4-2-1-3-11(12)13(15)6-5-10-7-8-16-9-10/h1-4,7-9,14H. The van der Waals surface area contributed by atoms with Gasteiger partial charge in [0.25, 0.3) is 0 Å². The Bertz CT molecular complexity index is 559. The average molecular weight is 228 g/mol. The molecule has 0 fully saturated rings. The molecule has 0 spiro atoms. The first kappa shape index (κ1) is 10.5. The minimum absolute atomic E-state index is 0.0351. The van der Waals surface area contributed by atoms with Crippen molar-refractivity contribution in [3.63, 3.8) is 0 Å². The molecular weight excluding hydrogens is 220 g/mol. The van der Waals surface area contributed by atoms with E-state index in [1.54, 1.807) is 18.2 Å². The molecular formula is C13H8O2S. The molecule has 78 valence electrons. The van der Waals surface area contributed by atoms with Crippen LogP contribution in [-0.4, -0.2) is 10.9 Å². The Morgan fingerprint density at radius 1 is 1.25 bits per heavy atom. The third kappa shape index (κ3) is 2.30. The number of ketones is 1. The van der Waals surface area contributed by atoms with Crippen LogP contribution in [0.4, 0.5) is 0 Å². The van der Waals surface area contributed by atoms with E-state index in [1.807, 2.05) is 16.8 Å². The molecule has 0 bridgehead atoms. The number of carbonyl (C=O) groups is 1. The number of phenols is 1. The normalized spacial score (nSPS) is 9.25. The highest BCUT2D eigenvalue weighted by atomic mass is 32.1. The van der Waals surface area contributed by atoms with Crippen LogP contribution in [0.25, 0.3) is 0 Å². The largest absolute Gasteiger partial charge is 0.507 e. The topological polar surface area (TPSA) is 37.3 Å². The van der Waals surface area contributed by atoms with Gasteiger partial charge < -0.3 is 5.11 Å². The van der Waals surface area contributed by atoms with E-state index in [9.17, 15) is 9.90 Å². The first-order valence-electron chi connectivity index (χ1n) is 4.64. The monoisotopic (exact) mass is 228 g/mol. The Kier molecular flexibility index (Phi) is 3.04. The summed E-state index contributed by atoms with van der Waals surface area (Å²) in [5.41, 5.74) is 1.05. The van der Waals surface area contributed by atoms with Crippen molar-refractivity contribution >= 4 is 17.1 Å².